The molecule has 5 heterocycles. The molecule has 7 rings (SSSR count). The number of likely N-dealkylation sites (N-methyl/N-ethyl adjacent to an activating group) is 1. The molecule has 10 unspecified atom stereocenters. The van der Waals surface area contributed by atoms with Gasteiger partial charge in [0, 0.05) is 36.7 Å². The number of rotatable bonds is 5. The van der Waals surface area contributed by atoms with E-state index in [-0.39, 0.29) is 71.4 Å². The van der Waals surface area contributed by atoms with Gasteiger partial charge in [0.05, 0.1) is 11.5 Å². The van der Waals surface area contributed by atoms with Gasteiger partial charge in [-0.15, -0.1) is 23.2 Å². The maximum Gasteiger partial charge on any atom is 0.322 e. The number of anilines is 1. The summed E-state index contributed by atoms with van der Waals surface area (Å²) in [5, 5.41) is 0. The highest BCUT2D eigenvalue weighted by Gasteiger charge is 2.78. The number of hydrogen-bond acceptors (Lipinski definition) is 6. The zero-order valence-electron chi connectivity index (χ0n) is 18.2. The number of piperidine rings is 4. The molecule has 4 saturated heterocycles. The fraction of sp³-hybridized carbons (Fsp3) is 0.667. The summed E-state index contributed by atoms with van der Waals surface area (Å²) in [5.74, 6) is -0.263. The van der Waals surface area contributed by atoms with Crippen LogP contribution in [-0.2, 0) is 24.5 Å². The zero-order valence-corrected chi connectivity index (χ0v) is 19.8. The molecule has 5 fully saturated rings. The molecule has 6 nitrogen and oxygen atoms in total. The van der Waals surface area contributed by atoms with Gasteiger partial charge in [-0.2, -0.15) is 0 Å². The molecule has 172 valence electrons. The number of carbonyl (C=O) groups is 2. The van der Waals surface area contributed by atoms with Gasteiger partial charge in [0.2, 0.25) is 0 Å². The molecule has 0 N–H and O–H groups in total. The molecular formula is C24H28Cl2N2O4. The molecule has 5 aliphatic heterocycles. The van der Waals surface area contributed by atoms with E-state index in [1.165, 1.54) is 11.3 Å². The SMILES string of the molecule is CCC1C2CC3C4N(C)c5ccccc5C45CC(C2C5OC(=O)CCl)N3C1OC(=O)CCl. The Morgan fingerprint density at radius 3 is 2.56 bits per heavy atom. The second-order valence-electron chi connectivity index (χ2n) is 10.0. The van der Waals surface area contributed by atoms with Crippen LogP contribution in [-0.4, -0.2) is 66.1 Å². The number of alkyl halides is 2. The quantitative estimate of drug-likeness (QED) is 0.478. The maximum absolute atomic E-state index is 12.6. The molecule has 0 radical (unpaired) electrons. The van der Waals surface area contributed by atoms with Crippen LogP contribution in [0, 0.1) is 17.8 Å². The average molecular weight is 479 g/mol. The van der Waals surface area contributed by atoms with E-state index < -0.39 is 0 Å². The Morgan fingerprint density at radius 1 is 1.12 bits per heavy atom. The number of halogens is 2. The van der Waals surface area contributed by atoms with E-state index in [2.05, 4.69) is 48.0 Å². The van der Waals surface area contributed by atoms with E-state index >= 15 is 0 Å². The largest absolute Gasteiger partial charge is 0.460 e. The van der Waals surface area contributed by atoms with Crippen molar-refractivity contribution in [2.45, 2.75) is 62.1 Å². The van der Waals surface area contributed by atoms with Crippen LogP contribution in [0.2, 0.25) is 0 Å². The monoisotopic (exact) mass is 478 g/mol. The molecule has 0 aromatic heterocycles. The lowest BCUT2D eigenvalue weighted by molar-refractivity contribution is -0.228. The smallest absolute Gasteiger partial charge is 0.322 e. The number of fused-ring (bicyclic) bond motifs is 2. The first kappa shape index (κ1) is 21.1. The van der Waals surface area contributed by atoms with Crippen molar-refractivity contribution in [3.8, 4) is 0 Å². The lowest BCUT2D eigenvalue weighted by Crippen LogP contribution is -2.73. The highest BCUT2D eigenvalue weighted by molar-refractivity contribution is 6.26. The van der Waals surface area contributed by atoms with Gasteiger partial charge in [0.25, 0.3) is 0 Å². The minimum atomic E-state index is -0.365. The summed E-state index contributed by atoms with van der Waals surface area (Å²) >= 11 is 11.7. The van der Waals surface area contributed by atoms with Gasteiger partial charge in [-0.05, 0) is 36.8 Å². The molecular weight excluding hydrogens is 451 g/mol. The number of nitrogens with zero attached hydrogens (tertiary/aromatic N) is 2. The predicted molar refractivity (Wildman–Crippen MR) is 121 cm³/mol. The topological polar surface area (TPSA) is 59.1 Å². The Bertz CT molecular complexity index is 975. The van der Waals surface area contributed by atoms with Gasteiger partial charge in [-0.25, -0.2) is 0 Å². The van der Waals surface area contributed by atoms with Gasteiger partial charge in [-0.3, -0.25) is 14.5 Å². The second kappa shape index (κ2) is 7.25. The Morgan fingerprint density at radius 2 is 1.84 bits per heavy atom. The molecule has 8 heteroatoms. The van der Waals surface area contributed by atoms with E-state index in [0.717, 1.165) is 19.3 Å². The van der Waals surface area contributed by atoms with E-state index in [1.54, 1.807) is 0 Å². The molecule has 32 heavy (non-hydrogen) atoms. The third-order valence-corrected chi connectivity index (χ3v) is 9.56. The van der Waals surface area contributed by atoms with E-state index in [0.29, 0.717) is 5.92 Å². The van der Waals surface area contributed by atoms with Crippen LogP contribution >= 0.6 is 23.2 Å². The van der Waals surface area contributed by atoms with E-state index in [1.807, 2.05) is 0 Å². The van der Waals surface area contributed by atoms with E-state index in [4.69, 9.17) is 32.7 Å². The Hall–Kier alpha value is -1.50. The van der Waals surface area contributed by atoms with Crippen molar-refractivity contribution in [2.24, 2.45) is 17.8 Å². The van der Waals surface area contributed by atoms with Crippen LogP contribution in [0.1, 0.15) is 31.7 Å². The van der Waals surface area contributed by atoms with Gasteiger partial charge >= 0.3 is 11.9 Å². The summed E-state index contributed by atoms with van der Waals surface area (Å²) in [5.41, 5.74) is 2.22. The van der Waals surface area contributed by atoms with Crippen LogP contribution in [0.4, 0.5) is 5.69 Å². The summed E-state index contributed by atoms with van der Waals surface area (Å²) in [6, 6.07) is 9.11. The standard InChI is InChI=1S/C24H28Cl2N2O4/c1-3-12-13-8-16-21-24(14-6-4-5-7-15(14)27(21)2)9-17(20(13)22(24)31-18(29)10-25)28(16)23(12)32-19(30)11-26/h4-7,12-13,16-17,20-23H,3,8-11H2,1-2H3. The van der Waals surface area contributed by atoms with Crippen LogP contribution in [0.5, 0.6) is 0 Å². The van der Waals surface area contributed by atoms with Gasteiger partial charge in [0.15, 0.2) is 6.23 Å². The first-order valence-electron chi connectivity index (χ1n) is 11.6. The summed E-state index contributed by atoms with van der Waals surface area (Å²) < 4.78 is 12.2. The number of para-hydroxylation sites is 1. The molecule has 0 amide bonds. The van der Waals surface area contributed by atoms with Crippen molar-refractivity contribution in [3.05, 3.63) is 29.8 Å². The summed E-state index contributed by atoms with van der Waals surface area (Å²) in [7, 11) is 2.15. The van der Waals surface area contributed by atoms with Crippen molar-refractivity contribution in [2.75, 3.05) is 23.7 Å². The summed E-state index contributed by atoms with van der Waals surface area (Å²) in [6.45, 7) is 2.16. The lowest BCUT2D eigenvalue weighted by Gasteiger charge is -2.62. The van der Waals surface area contributed by atoms with Crippen LogP contribution in [0.3, 0.4) is 0 Å². The highest BCUT2D eigenvalue weighted by Crippen LogP contribution is 2.70. The van der Waals surface area contributed by atoms with E-state index in [9.17, 15) is 9.59 Å². The molecule has 6 aliphatic rings. The number of esters is 2. The third kappa shape index (κ3) is 2.41. The van der Waals surface area contributed by atoms with Gasteiger partial charge in [-0.1, -0.05) is 25.1 Å². The van der Waals surface area contributed by atoms with Crippen LogP contribution in [0.25, 0.3) is 0 Å². The predicted octanol–water partition coefficient (Wildman–Crippen LogP) is 3.13. The van der Waals surface area contributed by atoms with Crippen molar-refractivity contribution in [1.29, 1.82) is 0 Å². The summed E-state index contributed by atoms with van der Waals surface area (Å²) in [4.78, 5) is 29.7. The number of ether oxygens (including phenoxy) is 2. The number of carbonyl (C=O) groups excluding carboxylic acids is 2. The maximum atomic E-state index is 12.6. The highest BCUT2D eigenvalue weighted by atomic mass is 35.5. The minimum absolute atomic E-state index is 0.140. The Balaban J connectivity index is 1.52. The normalized spacial score (nSPS) is 44.4. The second-order valence-corrected chi connectivity index (χ2v) is 10.5. The third-order valence-electron chi connectivity index (χ3n) is 9.13. The Labute approximate surface area is 198 Å². The average Bonchev–Trinajstić information content (AvgIpc) is 3.21. The van der Waals surface area contributed by atoms with Crippen molar-refractivity contribution < 1.29 is 19.1 Å². The number of benzene rings is 1. The first-order valence-corrected chi connectivity index (χ1v) is 12.7. The zero-order chi connectivity index (χ0) is 22.4. The fourth-order valence-corrected chi connectivity index (χ4v) is 8.61. The summed E-state index contributed by atoms with van der Waals surface area (Å²) in [6.07, 6.45) is 2.32. The molecule has 1 aromatic rings. The van der Waals surface area contributed by atoms with Crippen molar-refractivity contribution >= 4 is 40.8 Å². The first-order chi connectivity index (χ1) is 15.5. The van der Waals surface area contributed by atoms with Gasteiger partial charge in [0.1, 0.15) is 17.9 Å². The molecule has 1 spiro atoms. The van der Waals surface area contributed by atoms with Gasteiger partial charge < -0.3 is 14.4 Å². The molecule has 1 saturated carbocycles. The molecule has 1 aliphatic carbocycles. The molecule has 5 bridgehead atoms. The minimum Gasteiger partial charge on any atom is -0.460 e. The molecule has 1 aromatic carbocycles. The van der Waals surface area contributed by atoms with Crippen molar-refractivity contribution in [1.82, 2.24) is 4.90 Å². The van der Waals surface area contributed by atoms with Crippen LogP contribution in [0.15, 0.2) is 24.3 Å². The molecule has 10 atom stereocenters. The fourth-order valence-electron chi connectivity index (χ4n) is 8.48. The van der Waals surface area contributed by atoms with Crippen LogP contribution < -0.4 is 4.90 Å². The van der Waals surface area contributed by atoms with Crippen molar-refractivity contribution in [3.63, 3.8) is 0 Å². The Kier molecular flexibility index (Phi) is 4.77. The number of hydrogen-bond donors (Lipinski definition) is 0. The lowest BCUT2D eigenvalue weighted by atomic mass is 9.62.